The summed E-state index contributed by atoms with van der Waals surface area (Å²) in [5.41, 5.74) is 18.3. The first-order valence-electron chi connectivity index (χ1n) is 15.8. The van der Waals surface area contributed by atoms with Crippen molar-refractivity contribution in [2.75, 3.05) is 9.80 Å². The van der Waals surface area contributed by atoms with Crippen LogP contribution in [0, 0.1) is 48.5 Å². The molecule has 45 heavy (non-hydrogen) atoms. The van der Waals surface area contributed by atoms with Gasteiger partial charge in [-0.1, -0.05) is 54.6 Å². The quantitative estimate of drug-likeness (QED) is 0.184. The van der Waals surface area contributed by atoms with Gasteiger partial charge in [-0.3, -0.25) is 0 Å². The van der Waals surface area contributed by atoms with Crippen molar-refractivity contribution in [2.24, 2.45) is 0 Å². The second kappa shape index (κ2) is 12.5. The zero-order chi connectivity index (χ0) is 31.7. The molecule has 6 aromatic rings. The first-order valence-corrected chi connectivity index (χ1v) is 15.8. The van der Waals surface area contributed by atoms with E-state index in [9.17, 15) is 0 Å². The van der Waals surface area contributed by atoms with Crippen LogP contribution < -0.4 is 9.80 Å². The maximum atomic E-state index is 2.38. The summed E-state index contributed by atoms with van der Waals surface area (Å²) in [6.07, 6.45) is 0. The summed E-state index contributed by atoms with van der Waals surface area (Å²) in [5.74, 6) is 0. The fourth-order valence-corrected chi connectivity index (χ4v) is 6.19. The van der Waals surface area contributed by atoms with Gasteiger partial charge in [0.1, 0.15) is 0 Å². The smallest absolute Gasteiger partial charge is 0.0491 e. The maximum Gasteiger partial charge on any atom is 0.0491 e. The normalized spacial score (nSPS) is 11.0. The molecule has 0 aromatic heterocycles. The third-order valence-electron chi connectivity index (χ3n) is 8.74. The third kappa shape index (κ3) is 6.28. The zero-order valence-electron chi connectivity index (χ0n) is 27.5. The van der Waals surface area contributed by atoms with Gasteiger partial charge in [-0.25, -0.2) is 0 Å². The molecule has 0 aliphatic rings. The van der Waals surface area contributed by atoms with E-state index in [1.807, 2.05) is 0 Å². The average Bonchev–Trinajstić information content (AvgIpc) is 3.01. The molecule has 6 rings (SSSR count). The molecule has 0 atom stereocenters. The van der Waals surface area contributed by atoms with Crippen LogP contribution in [0.3, 0.4) is 0 Å². The van der Waals surface area contributed by atoms with Crippen LogP contribution in [0.4, 0.5) is 34.1 Å². The molecule has 0 aliphatic heterocycles. The second-order valence-corrected chi connectivity index (χ2v) is 12.5. The van der Waals surface area contributed by atoms with Gasteiger partial charge in [0.05, 0.1) is 0 Å². The lowest BCUT2D eigenvalue weighted by molar-refractivity contribution is 1.22. The van der Waals surface area contributed by atoms with Crippen LogP contribution in [-0.4, -0.2) is 0 Å². The van der Waals surface area contributed by atoms with Gasteiger partial charge in [0.2, 0.25) is 0 Å². The Kier molecular flexibility index (Phi) is 8.32. The van der Waals surface area contributed by atoms with Crippen LogP contribution in [0.2, 0.25) is 0 Å². The van der Waals surface area contributed by atoms with Gasteiger partial charge >= 0.3 is 0 Å². The van der Waals surface area contributed by atoms with Crippen LogP contribution in [-0.2, 0) is 0 Å². The number of anilines is 6. The topological polar surface area (TPSA) is 6.48 Å². The van der Waals surface area contributed by atoms with Gasteiger partial charge < -0.3 is 9.80 Å². The summed E-state index contributed by atoms with van der Waals surface area (Å²) >= 11 is 0. The van der Waals surface area contributed by atoms with Crippen LogP contribution in [0.1, 0.15) is 38.9 Å². The minimum absolute atomic E-state index is 1.17. The zero-order valence-corrected chi connectivity index (χ0v) is 27.5. The highest BCUT2D eigenvalue weighted by atomic mass is 15.1. The first kappa shape index (κ1) is 30.0. The lowest BCUT2D eigenvalue weighted by Crippen LogP contribution is -2.12. The minimum atomic E-state index is 1.17. The number of hydrogen-bond acceptors (Lipinski definition) is 2. The predicted molar refractivity (Wildman–Crippen MR) is 194 cm³/mol. The van der Waals surface area contributed by atoms with Crippen molar-refractivity contribution in [1.29, 1.82) is 0 Å². The van der Waals surface area contributed by atoms with Crippen LogP contribution in [0.5, 0.6) is 0 Å². The Bertz CT molecular complexity index is 1960. The monoisotopic (exact) mass is 586 g/mol. The Balaban J connectivity index is 1.40. The fourth-order valence-electron chi connectivity index (χ4n) is 6.19. The highest BCUT2D eigenvalue weighted by Gasteiger charge is 2.18. The van der Waals surface area contributed by atoms with Crippen molar-refractivity contribution >= 4 is 34.1 Å². The molecule has 0 aliphatic carbocycles. The molecule has 224 valence electrons. The molecule has 0 saturated carbocycles. The molecule has 0 spiro atoms. The van der Waals surface area contributed by atoms with E-state index in [0.29, 0.717) is 0 Å². The number of hydrogen-bond donors (Lipinski definition) is 0. The largest absolute Gasteiger partial charge is 0.310 e. The summed E-state index contributed by atoms with van der Waals surface area (Å²) in [5, 5.41) is 0. The molecule has 0 bridgehead atoms. The van der Waals surface area contributed by atoms with Gasteiger partial charge in [0, 0.05) is 34.1 Å². The van der Waals surface area contributed by atoms with Gasteiger partial charge in [-0.2, -0.15) is 0 Å². The third-order valence-corrected chi connectivity index (χ3v) is 8.74. The van der Waals surface area contributed by atoms with Crippen molar-refractivity contribution in [3.63, 3.8) is 0 Å². The summed E-state index contributed by atoms with van der Waals surface area (Å²) in [6.45, 7) is 15.3. The molecule has 2 heteroatoms. The van der Waals surface area contributed by atoms with Gasteiger partial charge in [0.25, 0.3) is 0 Å². The van der Waals surface area contributed by atoms with Crippen molar-refractivity contribution in [3.8, 4) is 11.1 Å². The second-order valence-electron chi connectivity index (χ2n) is 12.5. The Morgan fingerprint density at radius 1 is 0.311 bits per heavy atom. The Hall–Kier alpha value is -5.08. The molecule has 6 aromatic carbocycles. The standard InChI is InChI=1S/C43H42N2/c1-29-11-8-14-38(23-29)44(39-15-9-12-30(2)24-39)42-21-18-36(26-34(42)6)37-19-22-43(35(7)27-37)45(40-16-10-13-31(3)25-40)41-20-17-32(4)33(5)28-41/h8-28H,1-7H3. The van der Waals surface area contributed by atoms with E-state index in [-0.39, 0.29) is 0 Å². The molecule has 0 unspecified atom stereocenters. The highest BCUT2D eigenvalue weighted by Crippen LogP contribution is 2.41. The lowest BCUT2D eigenvalue weighted by atomic mass is 9.98. The summed E-state index contributed by atoms with van der Waals surface area (Å²) in [7, 11) is 0. The van der Waals surface area contributed by atoms with Crippen molar-refractivity contribution in [3.05, 3.63) is 166 Å². The molecule has 0 radical (unpaired) electrons. The molecule has 0 N–H and O–H groups in total. The van der Waals surface area contributed by atoms with Crippen LogP contribution >= 0.6 is 0 Å². The SMILES string of the molecule is Cc1cccc(N(c2cccc(C)c2)c2ccc(-c3ccc(N(c4cccc(C)c4)c4ccc(C)c(C)c4)c(C)c3)cc2C)c1. The summed E-state index contributed by atoms with van der Waals surface area (Å²) < 4.78 is 0. The van der Waals surface area contributed by atoms with Crippen LogP contribution in [0.25, 0.3) is 11.1 Å². The van der Waals surface area contributed by atoms with Gasteiger partial charge in [-0.15, -0.1) is 0 Å². The number of aryl methyl sites for hydroxylation is 7. The molecule has 0 saturated heterocycles. The number of benzene rings is 6. The van der Waals surface area contributed by atoms with Crippen molar-refractivity contribution in [2.45, 2.75) is 48.5 Å². The molecule has 0 amide bonds. The fraction of sp³-hybridized carbons (Fsp3) is 0.163. The summed E-state index contributed by atoms with van der Waals surface area (Å²) in [4.78, 5) is 4.76. The van der Waals surface area contributed by atoms with E-state index in [1.165, 1.54) is 84.2 Å². The molecule has 2 nitrogen and oxygen atoms in total. The van der Waals surface area contributed by atoms with E-state index in [1.54, 1.807) is 0 Å². The highest BCUT2D eigenvalue weighted by molar-refractivity contribution is 5.83. The Morgan fingerprint density at radius 3 is 1.07 bits per heavy atom. The van der Waals surface area contributed by atoms with Crippen molar-refractivity contribution in [1.82, 2.24) is 0 Å². The van der Waals surface area contributed by atoms with Gasteiger partial charge in [-0.05, 0) is 171 Å². The maximum absolute atomic E-state index is 2.38. The lowest BCUT2D eigenvalue weighted by Gasteiger charge is -2.29. The van der Waals surface area contributed by atoms with E-state index in [0.717, 1.165) is 0 Å². The van der Waals surface area contributed by atoms with E-state index >= 15 is 0 Å². The van der Waals surface area contributed by atoms with E-state index in [4.69, 9.17) is 0 Å². The summed E-state index contributed by atoms with van der Waals surface area (Å²) in [6, 6.07) is 46.7. The predicted octanol–water partition coefficient (Wildman–Crippen LogP) is 12.5. The van der Waals surface area contributed by atoms with E-state index in [2.05, 4.69) is 186 Å². The number of nitrogens with zero attached hydrogens (tertiary/aromatic N) is 2. The first-order chi connectivity index (χ1) is 21.7. The van der Waals surface area contributed by atoms with Crippen molar-refractivity contribution < 1.29 is 0 Å². The Labute approximate surface area is 269 Å². The van der Waals surface area contributed by atoms with E-state index < -0.39 is 0 Å². The van der Waals surface area contributed by atoms with Crippen LogP contribution in [0.15, 0.2) is 127 Å². The molecular formula is C43H42N2. The Morgan fingerprint density at radius 2 is 0.711 bits per heavy atom. The molecule has 0 fully saturated rings. The molecular weight excluding hydrogens is 544 g/mol. The minimum Gasteiger partial charge on any atom is -0.310 e. The molecule has 0 heterocycles. The average molecular weight is 587 g/mol. The van der Waals surface area contributed by atoms with Gasteiger partial charge in [0.15, 0.2) is 0 Å². The number of rotatable bonds is 7.